The molecule has 1 N–H and O–H groups in total. The lowest BCUT2D eigenvalue weighted by Crippen LogP contribution is -2.26. The van der Waals surface area contributed by atoms with Gasteiger partial charge in [0.15, 0.2) is 0 Å². The molecule has 1 aromatic heterocycles. The minimum atomic E-state index is -0.429. The fourth-order valence-electron chi connectivity index (χ4n) is 3.47. The number of carbonyl (C=O) groups excluding carboxylic acids is 2. The van der Waals surface area contributed by atoms with Crippen molar-refractivity contribution in [3.63, 3.8) is 0 Å². The molecule has 1 aliphatic heterocycles. The van der Waals surface area contributed by atoms with Gasteiger partial charge in [0.1, 0.15) is 16.5 Å². The molecule has 2 heterocycles. The molecular formula is C23H22N2O4S. The molecule has 154 valence electrons. The van der Waals surface area contributed by atoms with Gasteiger partial charge in [0.25, 0.3) is 5.91 Å². The zero-order valence-electron chi connectivity index (χ0n) is 16.8. The number of carbonyl (C=O) groups is 2. The summed E-state index contributed by atoms with van der Waals surface area (Å²) in [6.07, 6.45) is 0.746. The standard InChI is InChI=1S/C23H22N2O4S/c1-25-13-12-17-19(14-25)30-22(20(17)23(27)28-2)24-21(26)16-10-6-7-11-18(16)29-15-8-4-3-5-9-15/h3-11H,12-14H2,1-2H3,(H,24,26). The van der Waals surface area contributed by atoms with E-state index in [0.29, 0.717) is 27.6 Å². The highest BCUT2D eigenvalue weighted by atomic mass is 32.1. The summed E-state index contributed by atoms with van der Waals surface area (Å²) in [6, 6.07) is 16.3. The topological polar surface area (TPSA) is 67.9 Å². The van der Waals surface area contributed by atoms with Crippen molar-refractivity contribution >= 4 is 28.2 Å². The summed E-state index contributed by atoms with van der Waals surface area (Å²) in [5.41, 5.74) is 1.81. The first-order valence-corrected chi connectivity index (χ1v) is 10.4. The van der Waals surface area contributed by atoms with E-state index >= 15 is 0 Å². The second-order valence-corrected chi connectivity index (χ2v) is 8.16. The third-order valence-corrected chi connectivity index (χ3v) is 6.10. The number of fused-ring (bicyclic) bond motifs is 1. The van der Waals surface area contributed by atoms with E-state index < -0.39 is 5.97 Å². The normalized spacial score (nSPS) is 13.4. The molecule has 4 rings (SSSR count). The van der Waals surface area contributed by atoms with Gasteiger partial charge >= 0.3 is 5.97 Å². The summed E-state index contributed by atoms with van der Waals surface area (Å²) in [5.74, 6) is 0.323. The maximum absolute atomic E-state index is 13.1. The smallest absolute Gasteiger partial charge is 0.341 e. The SMILES string of the molecule is COC(=O)c1c(NC(=O)c2ccccc2Oc2ccccc2)sc2c1CCN(C)C2. The molecule has 0 saturated heterocycles. The van der Waals surface area contributed by atoms with Crippen LogP contribution in [-0.4, -0.2) is 37.5 Å². The molecule has 0 aliphatic carbocycles. The highest BCUT2D eigenvalue weighted by molar-refractivity contribution is 7.17. The van der Waals surface area contributed by atoms with E-state index in [4.69, 9.17) is 9.47 Å². The molecule has 6 nitrogen and oxygen atoms in total. The summed E-state index contributed by atoms with van der Waals surface area (Å²) < 4.78 is 10.9. The van der Waals surface area contributed by atoms with E-state index in [2.05, 4.69) is 10.2 Å². The number of thiophene rings is 1. The molecule has 30 heavy (non-hydrogen) atoms. The number of amides is 1. The molecule has 0 unspecified atom stereocenters. The average Bonchev–Trinajstić information content (AvgIpc) is 3.11. The Labute approximate surface area is 179 Å². The number of nitrogens with zero attached hydrogens (tertiary/aromatic N) is 1. The average molecular weight is 423 g/mol. The summed E-state index contributed by atoms with van der Waals surface area (Å²) >= 11 is 1.43. The number of benzene rings is 2. The Morgan fingerprint density at radius 3 is 2.57 bits per heavy atom. The second-order valence-electron chi connectivity index (χ2n) is 7.05. The van der Waals surface area contributed by atoms with Crippen LogP contribution in [0.4, 0.5) is 5.00 Å². The number of para-hydroxylation sites is 2. The molecule has 7 heteroatoms. The van der Waals surface area contributed by atoms with Crippen molar-refractivity contribution in [3.8, 4) is 11.5 Å². The number of rotatable bonds is 5. The molecule has 0 radical (unpaired) electrons. The Kier molecular flexibility index (Phi) is 5.83. The molecule has 0 atom stereocenters. The first kappa shape index (κ1) is 20.1. The van der Waals surface area contributed by atoms with Gasteiger partial charge in [-0.1, -0.05) is 30.3 Å². The summed E-state index contributed by atoms with van der Waals surface area (Å²) in [4.78, 5) is 28.9. The van der Waals surface area contributed by atoms with Crippen molar-refractivity contribution in [2.75, 3.05) is 26.0 Å². The lowest BCUT2D eigenvalue weighted by Gasteiger charge is -2.22. The highest BCUT2D eigenvalue weighted by Crippen LogP contribution is 2.38. The molecule has 1 amide bonds. The van der Waals surface area contributed by atoms with Crippen LogP contribution < -0.4 is 10.1 Å². The molecule has 0 bridgehead atoms. The number of likely N-dealkylation sites (N-methyl/N-ethyl adjacent to an activating group) is 1. The summed E-state index contributed by atoms with van der Waals surface area (Å²) in [5, 5.41) is 3.44. The van der Waals surface area contributed by atoms with Gasteiger partial charge in [-0.25, -0.2) is 4.79 Å². The maximum Gasteiger partial charge on any atom is 0.341 e. The number of hydrogen-bond donors (Lipinski definition) is 1. The van der Waals surface area contributed by atoms with E-state index in [1.807, 2.05) is 43.4 Å². The van der Waals surface area contributed by atoms with Gasteiger partial charge in [-0.05, 0) is 43.3 Å². The van der Waals surface area contributed by atoms with Gasteiger partial charge in [-0.3, -0.25) is 4.79 Å². The van der Waals surface area contributed by atoms with Crippen molar-refractivity contribution < 1.29 is 19.1 Å². The Balaban J connectivity index is 1.64. The molecule has 0 spiro atoms. The monoisotopic (exact) mass is 422 g/mol. The van der Waals surface area contributed by atoms with Gasteiger partial charge in [-0.15, -0.1) is 11.3 Å². The predicted octanol–water partition coefficient (Wildman–Crippen LogP) is 4.57. The maximum atomic E-state index is 13.1. The minimum absolute atomic E-state index is 0.335. The van der Waals surface area contributed by atoms with Gasteiger partial charge in [0, 0.05) is 18.0 Å². The Morgan fingerprint density at radius 1 is 1.07 bits per heavy atom. The van der Waals surface area contributed by atoms with Crippen molar-refractivity contribution in [2.24, 2.45) is 0 Å². The Bertz CT molecular complexity index is 1080. The number of anilines is 1. The lowest BCUT2D eigenvalue weighted by molar-refractivity contribution is 0.0600. The van der Waals surface area contributed by atoms with Crippen molar-refractivity contribution in [1.29, 1.82) is 0 Å². The van der Waals surface area contributed by atoms with E-state index in [-0.39, 0.29) is 5.91 Å². The molecule has 3 aromatic rings. The van der Waals surface area contributed by atoms with Crippen molar-refractivity contribution in [2.45, 2.75) is 13.0 Å². The number of nitrogens with one attached hydrogen (secondary N) is 1. The fourth-order valence-corrected chi connectivity index (χ4v) is 4.78. The quantitative estimate of drug-likeness (QED) is 0.610. The first-order valence-electron chi connectivity index (χ1n) is 9.61. The van der Waals surface area contributed by atoms with Crippen LogP contribution in [0.3, 0.4) is 0 Å². The van der Waals surface area contributed by atoms with Crippen LogP contribution in [0.2, 0.25) is 0 Å². The number of methoxy groups -OCH3 is 1. The first-order chi connectivity index (χ1) is 14.6. The van der Waals surface area contributed by atoms with Crippen LogP contribution >= 0.6 is 11.3 Å². The van der Waals surface area contributed by atoms with Crippen LogP contribution in [0.1, 0.15) is 31.2 Å². The van der Waals surface area contributed by atoms with Gasteiger partial charge in [0.2, 0.25) is 0 Å². The van der Waals surface area contributed by atoms with Crippen LogP contribution in [-0.2, 0) is 17.7 Å². The molecule has 2 aromatic carbocycles. The van der Waals surface area contributed by atoms with E-state index in [0.717, 1.165) is 30.0 Å². The van der Waals surface area contributed by atoms with E-state index in [9.17, 15) is 9.59 Å². The summed E-state index contributed by atoms with van der Waals surface area (Å²) in [7, 11) is 3.39. The molecule has 1 aliphatic rings. The third kappa shape index (κ3) is 4.08. The van der Waals surface area contributed by atoms with E-state index in [1.165, 1.54) is 18.4 Å². The zero-order valence-corrected chi connectivity index (χ0v) is 17.6. The molecule has 0 saturated carbocycles. The number of hydrogen-bond acceptors (Lipinski definition) is 6. The largest absolute Gasteiger partial charge is 0.465 e. The third-order valence-electron chi connectivity index (χ3n) is 4.97. The highest BCUT2D eigenvalue weighted by Gasteiger charge is 2.29. The lowest BCUT2D eigenvalue weighted by atomic mass is 10.0. The number of esters is 1. The second kappa shape index (κ2) is 8.69. The Morgan fingerprint density at radius 2 is 1.80 bits per heavy atom. The summed E-state index contributed by atoms with van der Waals surface area (Å²) in [6.45, 7) is 1.60. The predicted molar refractivity (Wildman–Crippen MR) is 117 cm³/mol. The molecule has 0 fully saturated rings. The molecular weight excluding hydrogens is 400 g/mol. The van der Waals surface area contributed by atoms with Crippen molar-refractivity contribution in [1.82, 2.24) is 4.90 Å². The van der Waals surface area contributed by atoms with Gasteiger partial charge in [-0.2, -0.15) is 0 Å². The van der Waals surface area contributed by atoms with Gasteiger partial charge < -0.3 is 19.7 Å². The van der Waals surface area contributed by atoms with Crippen LogP contribution in [0.15, 0.2) is 54.6 Å². The van der Waals surface area contributed by atoms with Crippen LogP contribution in [0.25, 0.3) is 0 Å². The minimum Gasteiger partial charge on any atom is -0.465 e. The Hall–Kier alpha value is -3.16. The van der Waals surface area contributed by atoms with Crippen LogP contribution in [0, 0.1) is 0 Å². The zero-order chi connectivity index (χ0) is 21.1. The van der Waals surface area contributed by atoms with Crippen LogP contribution in [0.5, 0.6) is 11.5 Å². The van der Waals surface area contributed by atoms with Crippen molar-refractivity contribution in [3.05, 3.63) is 76.2 Å². The number of ether oxygens (including phenoxy) is 2. The fraction of sp³-hybridized carbons (Fsp3) is 0.217. The van der Waals surface area contributed by atoms with Gasteiger partial charge in [0.05, 0.1) is 18.2 Å². The van der Waals surface area contributed by atoms with E-state index in [1.54, 1.807) is 18.2 Å².